The second kappa shape index (κ2) is 10.8. The van der Waals surface area contributed by atoms with Crippen molar-refractivity contribution in [1.82, 2.24) is 39.8 Å². The van der Waals surface area contributed by atoms with Crippen molar-refractivity contribution in [2.75, 3.05) is 33.0 Å². The standard InChI is InChI=1S/C25H31N9O3/c1-16(2)25(3,19-6-7-20(27-13-19)17-10-28-24(26)29-11-17)23-31-22(37-32-23)18-12-30-34(14-18)15-21(35)33(4)8-9-36-5/h6-7,10-14,16H,8-9,15H2,1-5H3,(H2,26,28,29). The second-order valence-electron chi connectivity index (χ2n) is 9.28. The van der Waals surface area contributed by atoms with Crippen LogP contribution >= 0.6 is 0 Å². The highest BCUT2D eigenvalue weighted by molar-refractivity contribution is 5.75. The number of ether oxygens (including phenoxy) is 1. The predicted molar refractivity (Wildman–Crippen MR) is 136 cm³/mol. The van der Waals surface area contributed by atoms with Gasteiger partial charge in [0, 0.05) is 51.1 Å². The Bertz CT molecular complexity index is 1330. The molecule has 0 aliphatic heterocycles. The molecule has 0 aliphatic carbocycles. The van der Waals surface area contributed by atoms with Crippen molar-refractivity contribution in [2.45, 2.75) is 32.7 Å². The molecule has 0 radical (unpaired) electrons. The molecule has 4 rings (SSSR count). The Morgan fingerprint density at radius 2 is 1.92 bits per heavy atom. The minimum Gasteiger partial charge on any atom is -0.383 e. The first kappa shape index (κ1) is 25.9. The fourth-order valence-electron chi connectivity index (χ4n) is 3.79. The number of rotatable bonds is 10. The number of pyridine rings is 1. The van der Waals surface area contributed by atoms with E-state index in [1.807, 2.05) is 18.3 Å². The van der Waals surface area contributed by atoms with Crippen LogP contribution in [-0.2, 0) is 21.5 Å². The summed E-state index contributed by atoms with van der Waals surface area (Å²) in [5.41, 5.74) is 8.10. The maximum Gasteiger partial charge on any atom is 0.261 e. The van der Waals surface area contributed by atoms with Gasteiger partial charge in [0.2, 0.25) is 11.9 Å². The minimum absolute atomic E-state index is 0.0771. The molecule has 2 N–H and O–H groups in total. The van der Waals surface area contributed by atoms with Gasteiger partial charge in [-0.1, -0.05) is 25.1 Å². The van der Waals surface area contributed by atoms with Crippen LogP contribution in [0, 0.1) is 5.92 Å². The number of methoxy groups -OCH3 is 1. The number of nitrogen functional groups attached to an aromatic ring is 1. The molecule has 0 fully saturated rings. The highest BCUT2D eigenvalue weighted by Gasteiger charge is 2.38. The zero-order chi connectivity index (χ0) is 26.6. The van der Waals surface area contributed by atoms with Gasteiger partial charge in [0.1, 0.15) is 6.54 Å². The average Bonchev–Trinajstić information content (AvgIpc) is 3.57. The van der Waals surface area contributed by atoms with Crippen molar-refractivity contribution in [1.29, 1.82) is 0 Å². The minimum atomic E-state index is -0.569. The fourth-order valence-corrected chi connectivity index (χ4v) is 3.79. The molecule has 0 aliphatic rings. The summed E-state index contributed by atoms with van der Waals surface area (Å²) >= 11 is 0. The third-order valence-corrected chi connectivity index (χ3v) is 6.61. The maximum atomic E-state index is 12.4. The summed E-state index contributed by atoms with van der Waals surface area (Å²) in [5, 5.41) is 8.60. The van der Waals surface area contributed by atoms with Gasteiger partial charge in [-0.25, -0.2) is 9.97 Å². The molecule has 1 unspecified atom stereocenters. The van der Waals surface area contributed by atoms with Gasteiger partial charge >= 0.3 is 0 Å². The van der Waals surface area contributed by atoms with Crippen LogP contribution in [0.25, 0.3) is 22.7 Å². The molecule has 0 spiro atoms. The lowest BCUT2D eigenvalue weighted by molar-refractivity contribution is -0.131. The van der Waals surface area contributed by atoms with Crippen molar-refractivity contribution < 1.29 is 14.1 Å². The van der Waals surface area contributed by atoms with Crippen LogP contribution in [-0.4, -0.2) is 73.0 Å². The van der Waals surface area contributed by atoms with Crippen molar-refractivity contribution in [2.24, 2.45) is 5.92 Å². The molecule has 1 amide bonds. The summed E-state index contributed by atoms with van der Waals surface area (Å²) in [6.45, 7) is 7.34. The van der Waals surface area contributed by atoms with Gasteiger partial charge in [0.05, 0.1) is 29.5 Å². The van der Waals surface area contributed by atoms with E-state index in [0.717, 1.165) is 16.8 Å². The van der Waals surface area contributed by atoms with Gasteiger partial charge in [-0.15, -0.1) is 0 Å². The van der Waals surface area contributed by atoms with Gasteiger partial charge in [-0.3, -0.25) is 14.5 Å². The molecule has 0 bridgehead atoms. The summed E-state index contributed by atoms with van der Waals surface area (Å²) in [7, 11) is 3.33. The molecule has 4 heterocycles. The first-order chi connectivity index (χ1) is 17.7. The van der Waals surface area contributed by atoms with Crippen molar-refractivity contribution in [3.05, 3.63) is 54.5 Å². The van der Waals surface area contributed by atoms with Crippen LogP contribution in [0.2, 0.25) is 0 Å². The molecule has 0 saturated carbocycles. The molecule has 37 heavy (non-hydrogen) atoms. The number of nitrogens with zero attached hydrogens (tertiary/aromatic N) is 8. The Kier molecular flexibility index (Phi) is 7.58. The van der Waals surface area contributed by atoms with Crippen LogP contribution in [0.4, 0.5) is 5.95 Å². The summed E-state index contributed by atoms with van der Waals surface area (Å²) in [4.78, 5) is 31.4. The van der Waals surface area contributed by atoms with E-state index in [0.29, 0.717) is 30.4 Å². The smallest absolute Gasteiger partial charge is 0.261 e. The van der Waals surface area contributed by atoms with Crippen molar-refractivity contribution >= 4 is 11.9 Å². The topological polar surface area (TPSA) is 151 Å². The molecule has 0 aromatic carbocycles. The highest BCUT2D eigenvalue weighted by atomic mass is 16.5. The number of carbonyl (C=O) groups excluding carboxylic acids is 1. The zero-order valence-electron chi connectivity index (χ0n) is 21.6. The third kappa shape index (κ3) is 5.48. The SMILES string of the molecule is COCCN(C)C(=O)Cn1cc(-c2nc(C(C)(c3ccc(-c4cnc(N)nc4)nc3)C(C)C)no2)cn1. The van der Waals surface area contributed by atoms with E-state index in [1.165, 1.54) is 0 Å². The van der Waals surface area contributed by atoms with E-state index in [4.69, 9.17) is 20.0 Å². The first-order valence-electron chi connectivity index (χ1n) is 11.9. The molecule has 1 atom stereocenters. The van der Waals surface area contributed by atoms with Crippen LogP contribution in [0.3, 0.4) is 0 Å². The summed E-state index contributed by atoms with van der Waals surface area (Å²) < 4.78 is 12.2. The van der Waals surface area contributed by atoms with Crippen LogP contribution in [0.15, 0.2) is 47.6 Å². The molecule has 194 valence electrons. The quantitative estimate of drug-likeness (QED) is 0.340. The lowest BCUT2D eigenvalue weighted by Crippen LogP contribution is -2.32. The van der Waals surface area contributed by atoms with Gasteiger partial charge in [-0.2, -0.15) is 10.1 Å². The van der Waals surface area contributed by atoms with E-state index in [-0.39, 0.29) is 24.3 Å². The number of hydrogen-bond acceptors (Lipinski definition) is 10. The van der Waals surface area contributed by atoms with Crippen molar-refractivity contribution in [3.8, 4) is 22.7 Å². The number of likely N-dealkylation sites (N-methyl/N-ethyl adjacent to an activating group) is 1. The van der Waals surface area contributed by atoms with E-state index in [1.54, 1.807) is 48.5 Å². The summed E-state index contributed by atoms with van der Waals surface area (Å²) in [6, 6.07) is 3.91. The summed E-state index contributed by atoms with van der Waals surface area (Å²) in [6.07, 6.45) is 8.42. The van der Waals surface area contributed by atoms with Gasteiger partial charge in [-0.05, 0) is 24.5 Å². The number of carbonyl (C=O) groups is 1. The van der Waals surface area contributed by atoms with Crippen LogP contribution in [0.5, 0.6) is 0 Å². The monoisotopic (exact) mass is 505 g/mol. The first-order valence-corrected chi connectivity index (χ1v) is 11.9. The van der Waals surface area contributed by atoms with E-state index < -0.39 is 5.41 Å². The molecular weight excluding hydrogens is 474 g/mol. The number of anilines is 1. The van der Waals surface area contributed by atoms with Gasteiger partial charge < -0.3 is 19.9 Å². The predicted octanol–water partition coefficient (Wildman–Crippen LogP) is 2.43. The number of nitrogens with two attached hydrogens (primary N) is 1. The third-order valence-electron chi connectivity index (χ3n) is 6.61. The highest BCUT2D eigenvalue weighted by Crippen LogP contribution is 2.38. The van der Waals surface area contributed by atoms with Crippen LogP contribution < -0.4 is 5.73 Å². The van der Waals surface area contributed by atoms with Crippen molar-refractivity contribution in [3.63, 3.8) is 0 Å². The average molecular weight is 506 g/mol. The van der Waals surface area contributed by atoms with Gasteiger partial charge in [0.15, 0.2) is 5.82 Å². The Labute approximate surface area is 214 Å². The normalized spacial score (nSPS) is 13.0. The molecular formula is C25H31N9O3. The molecule has 12 heteroatoms. The number of aromatic nitrogens is 7. The molecule has 4 aromatic rings. The molecule has 4 aromatic heterocycles. The Hall–Kier alpha value is -4.19. The largest absolute Gasteiger partial charge is 0.383 e. The number of hydrogen-bond donors (Lipinski definition) is 1. The Morgan fingerprint density at radius 1 is 1.16 bits per heavy atom. The van der Waals surface area contributed by atoms with Gasteiger partial charge in [0.25, 0.3) is 5.89 Å². The second-order valence-corrected chi connectivity index (χ2v) is 9.28. The lowest BCUT2D eigenvalue weighted by atomic mass is 9.73. The molecule has 12 nitrogen and oxygen atoms in total. The number of amides is 1. The van der Waals surface area contributed by atoms with E-state index >= 15 is 0 Å². The van der Waals surface area contributed by atoms with E-state index in [9.17, 15) is 4.79 Å². The molecule has 0 saturated heterocycles. The Balaban J connectivity index is 1.54. The van der Waals surface area contributed by atoms with Crippen LogP contribution in [0.1, 0.15) is 32.2 Å². The summed E-state index contributed by atoms with van der Waals surface area (Å²) in [5.74, 6) is 1.13. The Morgan fingerprint density at radius 3 is 2.57 bits per heavy atom. The fraction of sp³-hybridized carbons (Fsp3) is 0.400. The zero-order valence-corrected chi connectivity index (χ0v) is 21.6. The van der Waals surface area contributed by atoms with E-state index in [2.05, 4.69) is 46.0 Å². The lowest BCUT2D eigenvalue weighted by Gasteiger charge is -2.30. The maximum absolute atomic E-state index is 12.4.